The van der Waals surface area contributed by atoms with E-state index in [-0.39, 0.29) is 18.6 Å². The molecule has 21 heavy (non-hydrogen) atoms. The molecule has 0 bridgehead atoms. The van der Waals surface area contributed by atoms with Crippen molar-refractivity contribution in [3.8, 4) is 0 Å². The average Bonchev–Trinajstić information content (AvgIpc) is 2.54. The Labute approximate surface area is 128 Å². The number of aliphatic hydroxyl groups excluding tert-OH is 1. The first kappa shape index (κ1) is 18.4. The van der Waals surface area contributed by atoms with Crippen molar-refractivity contribution >= 4 is 0 Å². The SMILES string of the molecule is CC/C=C/C=C/CCC[C@]1(OC)CC[C@@H]([C@@H](C)CO)OO1. The molecule has 1 aliphatic rings. The van der Waals surface area contributed by atoms with Crippen LogP contribution in [-0.2, 0) is 14.5 Å². The molecule has 0 unspecified atom stereocenters. The Morgan fingerprint density at radius 2 is 2.14 bits per heavy atom. The average molecular weight is 298 g/mol. The van der Waals surface area contributed by atoms with E-state index in [1.165, 1.54) is 0 Å². The summed E-state index contributed by atoms with van der Waals surface area (Å²) < 4.78 is 5.54. The van der Waals surface area contributed by atoms with Crippen molar-refractivity contribution in [3.63, 3.8) is 0 Å². The van der Waals surface area contributed by atoms with E-state index in [2.05, 4.69) is 31.2 Å². The van der Waals surface area contributed by atoms with Gasteiger partial charge in [0.1, 0.15) is 0 Å². The van der Waals surface area contributed by atoms with Gasteiger partial charge in [0.15, 0.2) is 0 Å². The molecule has 1 rings (SSSR count). The lowest BCUT2D eigenvalue weighted by Crippen LogP contribution is -2.43. The third-order valence-electron chi connectivity index (χ3n) is 3.98. The van der Waals surface area contributed by atoms with E-state index >= 15 is 0 Å². The minimum atomic E-state index is -0.626. The number of aliphatic hydroxyl groups is 1. The van der Waals surface area contributed by atoms with Gasteiger partial charge in [-0.05, 0) is 25.7 Å². The third-order valence-corrected chi connectivity index (χ3v) is 3.98. The van der Waals surface area contributed by atoms with Crippen LogP contribution >= 0.6 is 0 Å². The Morgan fingerprint density at radius 3 is 2.71 bits per heavy atom. The largest absolute Gasteiger partial charge is 0.396 e. The normalized spacial score (nSPS) is 28.5. The lowest BCUT2D eigenvalue weighted by atomic mass is 9.94. The minimum absolute atomic E-state index is 0.0441. The van der Waals surface area contributed by atoms with E-state index in [1.807, 2.05) is 6.92 Å². The summed E-state index contributed by atoms with van der Waals surface area (Å²) in [5, 5.41) is 9.16. The van der Waals surface area contributed by atoms with Crippen molar-refractivity contribution in [2.24, 2.45) is 5.92 Å². The predicted octanol–water partition coefficient (Wildman–Crippen LogP) is 3.76. The molecule has 1 aliphatic heterocycles. The van der Waals surface area contributed by atoms with Crippen LogP contribution in [0.5, 0.6) is 0 Å². The van der Waals surface area contributed by atoms with Crippen molar-refractivity contribution < 1.29 is 19.6 Å². The maximum Gasteiger partial charge on any atom is 0.201 e. The molecule has 0 spiro atoms. The molecule has 122 valence electrons. The highest BCUT2D eigenvalue weighted by atomic mass is 17.2. The Bertz CT molecular complexity index is 317. The summed E-state index contributed by atoms with van der Waals surface area (Å²) in [7, 11) is 1.67. The maximum absolute atomic E-state index is 9.16. The lowest BCUT2D eigenvalue weighted by Gasteiger charge is -2.38. The van der Waals surface area contributed by atoms with Crippen LogP contribution in [-0.4, -0.2) is 30.7 Å². The van der Waals surface area contributed by atoms with Gasteiger partial charge in [0.25, 0.3) is 0 Å². The first-order valence-electron chi connectivity index (χ1n) is 7.99. The van der Waals surface area contributed by atoms with Crippen LogP contribution in [0.1, 0.15) is 52.4 Å². The van der Waals surface area contributed by atoms with E-state index in [1.54, 1.807) is 7.11 Å². The summed E-state index contributed by atoms with van der Waals surface area (Å²) in [4.78, 5) is 11.0. The first-order valence-corrected chi connectivity index (χ1v) is 7.99. The molecule has 0 radical (unpaired) electrons. The molecule has 0 saturated carbocycles. The second-order valence-electron chi connectivity index (χ2n) is 5.69. The molecule has 4 nitrogen and oxygen atoms in total. The molecular formula is C17H30O4. The zero-order valence-corrected chi connectivity index (χ0v) is 13.6. The van der Waals surface area contributed by atoms with Crippen LogP contribution < -0.4 is 0 Å². The molecule has 0 aliphatic carbocycles. The molecule has 0 aromatic heterocycles. The van der Waals surface area contributed by atoms with E-state index in [0.717, 1.165) is 38.5 Å². The standard InChI is InChI=1S/C17H30O4/c1-4-5-6-7-8-9-10-12-17(19-3)13-11-16(20-21-17)15(2)14-18/h5-8,15-16,18H,4,9-14H2,1-3H3/b6-5+,8-7+/t15-,16-,17+/m0/s1. The lowest BCUT2D eigenvalue weighted by molar-refractivity contribution is -0.471. The fraction of sp³-hybridized carbons (Fsp3) is 0.765. The molecule has 1 saturated heterocycles. The quantitative estimate of drug-likeness (QED) is 0.400. The third kappa shape index (κ3) is 6.30. The van der Waals surface area contributed by atoms with Crippen molar-refractivity contribution in [2.75, 3.05) is 13.7 Å². The predicted molar refractivity (Wildman–Crippen MR) is 83.6 cm³/mol. The van der Waals surface area contributed by atoms with Crippen LogP contribution in [0.4, 0.5) is 0 Å². The topological polar surface area (TPSA) is 47.9 Å². The van der Waals surface area contributed by atoms with Crippen LogP contribution in [0.25, 0.3) is 0 Å². The van der Waals surface area contributed by atoms with Gasteiger partial charge < -0.3 is 9.84 Å². The summed E-state index contributed by atoms with van der Waals surface area (Å²) in [5.74, 6) is -0.535. The van der Waals surface area contributed by atoms with Gasteiger partial charge >= 0.3 is 0 Å². The summed E-state index contributed by atoms with van der Waals surface area (Å²) >= 11 is 0. The Kier molecular flexibility index (Phi) is 8.85. The van der Waals surface area contributed by atoms with Crippen LogP contribution in [0.15, 0.2) is 24.3 Å². The number of allylic oxidation sites excluding steroid dienone is 4. The molecule has 4 heteroatoms. The molecule has 1 fully saturated rings. The number of hydrogen-bond acceptors (Lipinski definition) is 4. The van der Waals surface area contributed by atoms with Gasteiger partial charge in [0, 0.05) is 32.5 Å². The molecular weight excluding hydrogens is 268 g/mol. The van der Waals surface area contributed by atoms with Gasteiger partial charge in [0.2, 0.25) is 5.79 Å². The summed E-state index contributed by atoms with van der Waals surface area (Å²) in [6.45, 7) is 4.20. The highest BCUT2D eigenvalue weighted by Crippen LogP contribution is 2.34. The monoisotopic (exact) mass is 298 g/mol. The van der Waals surface area contributed by atoms with Crippen molar-refractivity contribution in [3.05, 3.63) is 24.3 Å². The Morgan fingerprint density at radius 1 is 1.38 bits per heavy atom. The maximum atomic E-state index is 9.16. The molecule has 0 amide bonds. The van der Waals surface area contributed by atoms with Crippen molar-refractivity contribution in [1.82, 2.24) is 0 Å². The summed E-state index contributed by atoms with van der Waals surface area (Å²) in [6, 6.07) is 0. The van der Waals surface area contributed by atoms with Crippen LogP contribution in [0.2, 0.25) is 0 Å². The molecule has 1 N–H and O–H groups in total. The number of unbranched alkanes of at least 4 members (excludes halogenated alkanes) is 1. The summed E-state index contributed by atoms with van der Waals surface area (Å²) in [5.41, 5.74) is 0. The molecule has 3 atom stereocenters. The zero-order chi connectivity index (χ0) is 15.6. The Balaban J connectivity index is 2.31. The second-order valence-corrected chi connectivity index (χ2v) is 5.69. The van der Waals surface area contributed by atoms with Gasteiger partial charge in [0.05, 0.1) is 6.10 Å². The van der Waals surface area contributed by atoms with E-state index in [0.29, 0.717) is 0 Å². The van der Waals surface area contributed by atoms with Gasteiger partial charge in [-0.25, -0.2) is 9.78 Å². The van der Waals surface area contributed by atoms with Crippen molar-refractivity contribution in [2.45, 2.75) is 64.3 Å². The second kappa shape index (κ2) is 10.1. The molecule has 0 aromatic rings. The molecule has 0 aromatic carbocycles. The number of hydrogen-bond donors (Lipinski definition) is 1. The highest BCUT2D eigenvalue weighted by Gasteiger charge is 2.39. The smallest absolute Gasteiger partial charge is 0.201 e. The van der Waals surface area contributed by atoms with Gasteiger partial charge in [-0.1, -0.05) is 38.2 Å². The first-order chi connectivity index (χ1) is 10.2. The van der Waals surface area contributed by atoms with Gasteiger partial charge in [-0.15, -0.1) is 0 Å². The van der Waals surface area contributed by atoms with Crippen LogP contribution in [0, 0.1) is 5.92 Å². The van der Waals surface area contributed by atoms with E-state index in [9.17, 15) is 0 Å². The molecule has 1 heterocycles. The van der Waals surface area contributed by atoms with Gasteiger partial charge in [-0.3, -0.25) is 0 Å². The van der Waals surface area contributed by atoms with Crippen molar-refractivity contribution in [1.29, 1.82) is 0 Å². The number of methoxy groups -OCH3 is 1. The van der Waals surface area contributed by atoms with Gasteiger partial charge in [-0.2, -0.15) is 0 Å². The fourth-order valence-electron chi connectivity index (χ4n) is 2.38. The highest BCUT2D eigenvalue weighted by molar-refractivity contribution is 5.01. The summed E-state index contributed by atoms with van der Waals surface area (Å²) in [6.07, 6.45) is 13.9. The number of rotatable bonds is 9. The zero-order valence-electron chi connectivity index (χ0n) is 13.6. The number of ether oxygens (including phenoxy) is 1. The van der Waals surface area contributed by atoms with E-state index < -0.39 is 5.79 Å². The van der Waals surface area contributed by atoms with Crippen LogP contribution in [0.3, 0.4) is 0 Å². The minimum Gasteiger partial charge on any atom is -0.396 e. The van der Waals surface area contributed by atoms with E-state index in [4.69, 9.17) is 19.6 Å². The Hall–Kier alpha value is -0.680. The fourth-order valence-corrected chi connectivity index (χ4v) is 2.38.